The molecule has 1 unspecified atom stereocenters. The zero-order valence-corrected chi connectivity index (χ0v) is 10.2. The summed E-state index contributed by atoms with van der Waals surface area (Å²) in [5.41, 5.74) is 7.63. The Labute approximate surface area is 110 Å². The maximum absolute atomic E-state index is 13.2. The second kappa shape index (κ2) is 4.55. The Morgan fingerprint density at radius 1 is 1.21 bits per heavy atom. The van der Waals surface area contributed by atoms with E-state index in [0.29, 0.717) is 17.7 Å². The van der Waals surface area contributed by atoms with Crippen LogP contribution in [0.2, 0.25) is 0 Å². The van der Waals surface area contributed by atoms with Gasteiger partial charge in [0.15, 0.2) is 0 Å². The van der Waals surface area contributed by atoms with Crippen molar-refractivity contribution in [3.05, 3.63) is 59.4 Å². The van der Waals surface area contributed by atoms with Gasteiger partial charge in [-0.05, 0) is 35.9 Å². The van der Waals surface area contributed by atoms with Crippen molar-refractivity contribution < 1.29 is 14.2 Å². The minimum Gasteiger partial charge on any atom is -0.508 e. The maximum Gasteiger partial charge on any atom is 0.126 e. The molecule has 19 heavy (non-hydrogen) atoms. The van der Waals surface area contributed by atoms with E-state index in [4.69, 9.17) is 10.5 Å². The smallest absolute Gasteiger partial charge is 0.126 e. The van der Waals surface area contributed by atoms with Gasteiger partial charge in [0.25, 0.3) is 0 Å². The molecule has 0 saturated carbocycles. The van der Waals surface area contributed by atoms with Crippen molar-refractivity contribution in [2.75, 3.05) is 0 Å². The zero-order valence-electron chi connectivity index (χ0n) is 10.2. The largest absolute Gasteiger partial charge is 0.508 e. The molecule has 0 spiro atoms. The van der Waals surface area contributed by atoms with E-state index in [2.05, 4.69) is 0 Å². The fraction of sp³-hybridized carbons (Fsp3) is 0.200. The van der Waals surface area contributed by atoms with Crippen LogP contribution in [0.25, 0.3) is 0 Å². The molecule has 98 valence electrons. The fourth-order valence-electron chi connectivity index (χ4n) is 2.40. The van der Waals surface area contributed by atoms with Crippen LogP contribution in [0.5, 0.6) is 11.5 Å². The Morgan fingerprint density at radius 3 is 2.84 bits per heavy atom. The van der Waals surface area contributed by atoms with E-state index in [1.807, 2.05) is 6.07 Å². The van der Waals surface area contributed by atoms with E-state index in [1.54, 1.807) is 24.3 Å². The van der Waals surface area contributed by atoms with Crippen molar-refractivity contribution in [3.63, 3.8) is 0 Å². The first-order valence-corrected chi connectivity index (χ1v) is 6.14. The molecule has 0 aromatic heterocycles. The Balaban J connectivity index is 1.95. The average Bonchev–Trinajstić information content (AvgIpc) is 2.39. The van der Waals surface area contributed by atoms with Gasteiger partial charge in [0, 0.05) is 18.0 Å². The van der Waals surface area contributed by atoms with Gasteiger partial charge in [0.1, 0.15) is 23.4 Å². The highest BCUT2D eigenvalue weighted by molar-refractivity contribution is 5.40. The van der Waals surface area contributed by atoms with Crippen LogP contribution in [0, 0.1) is 5.82 Å². The van der Waals surface area contributed by atoms with Crippen molar-refractivity contribution in [3.8, 4) is 11.5 Å². The molecule has 4 heteroatoms. The summed E-state index contributed by atoms with van der Waals surface area (Å²) >= 11 is 0. The van der Waals surface area contributed by atoms with Gasteiger partial charge >= 0.3 is 0 Å². The van der Waals surface area contributed by atoms with Crippen LogP contribution in [-0.2, 0) is 0 Å². The second-order valence-electron chi connectivity index (χ2n) is 4.73. The number of benzene rings is 2. The lowest BCUT2D eigenvalue weighted by molar-refractivity contribution is 0.161. The van der Waals surface area contributed by atoms with Gasteiger partial charge < -0.3 is 15.6 Å². The molecule has 2 aromatic carbocycles. The predicted molar refractivity (Wildman–Crippen MR) is 69.4 cm³/mol. The molecule has 0 bridgehead atoms. The summed E-state index contributed by atoms with van der Waals surface area (Å²) in [6.45, 7) is 0. The number of phenols is 1. The van der Waals surface area contributed by atoms with Gasteiger partial charge in [-0.25, -0.2) is 4.39 Å². The van der Waals surface area contributed by atoms with Gasteiger partial charge in [0.05, 0.1) is 0 Å². The average molecular weight is 259 g/mol. The SMILES string of the molecule is N[C@H]1CC(c2cccc(O)c2)Oc2ccc(F)cc21. The number of phenolic OH excluding ortho intramolecular Hbond substituents is 1. The third-order valence-electron chi connectivity index (χ3n) is 3.35. The summed E-state index contributed by atoms with van der Waals surface area (Å²) in [6.07, 6.45) is 0.333. The summed E-state index contributed by atoms with van der Waals surface area (Å²) in [7, 11) is 0. The minimum absolute atomic E-state index is 0.194. The highest BCUT2D eigenvalue weighted by Crippen LogP contribution is 2.40. The van der Waals surface area contributed by atoms with Crippen molar-refractivity contribution >= 4 is 0 Å². The first kappa shape index (κ1) is 12.0. The molecule has 0 aliphatic carbocycles. The Morgan fingerprint density at radius 2 is 2.05 bits per heavy atom. The molecule has 1 aliphatic heterocycles. The van der Waals surface area contributed by atoms with Crippen LogP contribution >= 0.6 is 0 Å². The van der Waals surface area contributed by atoms with Crippen LogP contribution < -0.4 is 10.5 Å². The lowest BCUT2D eigenvalue weighted by Gasteiger charge is -2.30. The zero-order chi connectivity index (χ0) is 13.4. The molecule has 3 rings (SSSR count). The Bertz CT molecular complexity index is 615. The number of halogens is 1. The quantitative estimate of drug-likeness (QED) is 0.827. The molecule has 1 heterocycles. The highest BCUT2D eigenvalue weighted by Gasteiger charge is 2.27. The number of nitrogens with two attached hydrogens (primary N) is 1. The van der Waals surface area contributed by atoms with E-state index < -0.39 is 0 Å². The lowest BCUT2D eigenvalue weighted by atomic mass is 9.93. The van der Waals surface area contributed by atoms with Crippen LogP contribution in [-0.4, -0.2) is 5.11 Å². The number of rotatable bonds is 1. The van der Waals surface area contributed by atoms with Crippen molar-refractivity contribution in [2.45, 2.75) is 18.6 Å². The van der Waals surface area contributed by atoms with Crippen LogP contribution in [0.15, 0.2) is 42.5 Å². The summed E-state index contributed by atoms with van der Waals surface area (Å²) < 4.78 is 19.0. The Kier molecular flexibility index (Phi) is 2.87. The van der Waals surface area contributed by atoms with Crippen molar-refractivity contribution in [1.82, 2.24) is 0 Å². The fourth-order valence-corrected chi connectivity index (χ4v) is 2.40. The number of hydrogen-bond acceptors (Lipinski definition) is 3. The van der Waals surface area contributed by atoms with E-state index >= 15 is 0 Å². The van der Waals surface area contributed by atoms with Crippen molar-refractivity contribution in [1.29, 1.82) is 0 Å². The molecule has 2 aromatic rings. The van der Waals surface area contributed by atoms with Crippen LogP contribution in [0.1, 0.15) is 29.7 Å². The molecular formula is C15H14FNO2. The van der Waals surface area contributed by atoms with Crippen LogP contribution in [0.3, 0.4) is 0 Å². The van der Waals surface area contributed by atoms with E-state index in [1.165, 1.54) is 12.1 Å². The standard InChI is InChI=1S/C15H14FNO2/c16-10-4-5-14-12(7-10)13(17)8-15(19-14)9-2-1-3-11(18)6-9/h1-7,13,15,18H,8,17H2/t13-,15?/m0/s1. The van der Waals surface area contributed by atoms with Gasteiger partial charge in [-0.1, -0.05) is 12.1 Å². The monoisotopic (exact) mass is 259 g/mol. The summed E-state index contributed by atoms with van der Waals surface area (Å²) in [5.74, 6) is 0.488. The van der Waals surface area contributed by atoms with E-state index in [0.717, 1.165) is 5.56 Å². The van der Waals surface area contributed by atoms with Gasteiger partial charge in [0.2, 0.25) is 0 Å². The Hall–Kier alpha value is -2.07. The molecule has 0 fully saturated rings. The summed E-state index contributed by atoms with van der Waals surface area (Å²) in [5, 5.41) is 9.50. The van der Waals surface area contributed by atoms with E-state index in [9.17, 15) is 9.50 Å². The van der Waals surface area contributed by atoms with Crippen LogP contribution in [0.4, 0.5) is 4.39 Å². The maximum atomic E-state index is 13.2. The molecule has 3 N–H and O–H groups in total. The molecule has 0 radical (unpaired) electrons. The molecule has 0 amide bonds. The molecule has 1 aliphatic rings. The summed E-state index contributed by atoms with van der Waals surface area (Å²) in [6, 6.07) is 11.0. The third-order valence-corrected chi connectivity index (χ3v) is 3.35. The first-order valence-electron chi connectivity index (χ1n) is 6.14. The van der Waals surface area contributed by atoms with Gasteiger partial charge in [-0.15, -0.1) is 0 Å². The number of fused-ring (bicyclic) bond motifs is 1. The summed E-state index contributed by atoms with van der Waals surface area (Å²) in [4.78, 5) is 0. The number of ether oxygens (including phenoxy) is 1. The van der Waals surface area contributed by atoms with Gasteiger partial charge in [-0.3, -0.25) is 0 Å². The molecule has 2 atom stereocenters. The van der Waals surface area contributed by atoms with E-state index in [-0.39, 0.29) is 23.7 Å². The first-order chi connectivity index (χ1) is 9.13. The minimum atomic E-state index is -0.311. The lowest BCUT2D eigenvalue weighted by Crippen LogP contribution is -2.24. The second-order valence-corrected chi connectivity index (χ2v) is 4.73. The normalized spacial score (nSPS) is 21.6. The molecule has 3 nitrogen and oxygen atoms in total. The molecular weight excluding hydrogens is 245 g/mol. The third kappa shape index (κ3) is 2.27. The number of aromatic hydroxyl groups is 1. The van der Waals surface area contributed by atoms with Gasteiger partial charge in [-0.2, -0.15) is 0 Å². The number of hydrogen-bond donors (Lipinski definition) is 2. The predicted octanol–water partition coefficient (Wildman–Crippen LogP) is 3.05. The van der Waals surface area contributed by atoms with Crippen molar-refractivity contribution in [2.24, 2.45) is 5.73 Å². The molecule has 0 saturated heterocycles. The topological polar surface area (TPSA) is 55.5 Å². The highest BCUT2D eigenvalue weighted by atomic mass is 19.1.